The Morgan fingerprint density at radius 2 is 1.92 bits per heavy atom. The second-order valence-corrected chi connectivity index (χ2v) is 4.11. The van der Waals surface area contributed by atoms with E-state index in [1.165, 1.54) is 0 Å². The number of carbonyl (C=O) groups excluding carboxylic acids is 1. The lowest BCUT2D eigenvalue weighted by molar-refractivity contribution is -0.152. The van der Waals surface area contributed by atoms with Crippen molar-refractivity contribution in [1.29, 1.82) is 0 Å². The maximum Gasteiger partial charge on any atom is 0.322 e. The molecule has 3 heteroatoms. The second-order valence-electron chi connectivity index (χ2n) is 4.11. The molecule has 1 saturated carbocycles. The lowest BCUT2D eigenvalue weighted by Crippen LogP contribution is -2.33. The van der Waals surface area contributed by atoms with E-state index in [0.29, 0.717) is 0 Å². The summed E-state index contributed by atoms with van der Waals surface area (Å²) in [6.45, 7) is 3.90. The monoisotopic (exact) mass is 185 g/mol. The first kappa shape index (κ1) is 10.5. The van der Waals surface area contributed by atoms with Gasteiger partial charge in [0.1, 0.15) is 12.1 Å². The van der Waals surface area contributed by atoms with E-state index in [9.17, 15) is 4.79 Å². The molecule has 0 unspecified atom stereocenters. The van der Waals surface area contributed by atoms with Crippen LogP contribution in [0.3, 0.4) is 0 Å². The zero-order valence-electron chi connectivity index (χ0n) is 8.45. The number of nitrogens with two attached hydrogens (primary N) is 1. The summed E-state index contributed by atoms with van der Waals surface area (Å²) in [4.78, 5) is 11.1. The molecule has 13 heavy (non-hydrogen) atoms. The third-order valence-corrected chi connectivity index (χ3v) is 2.62. The molecule has 0 aromatic heterocycles. The molecule has 0 aromatic rings. The highest BCUT2D eigenvalue weighted by atomic mass is 16.5. The van der Waals surface area contributed by atoms with Gasteiger partial charge in [-0.15, -0.1) is 0 Å². The highest BCUT2D eigenvalue weighted by Gasteiger charge is 2.22. The first-order valence-electron chi connectivity index (χ1n) is 5.05. The Bertz CT molecular complexity index is 172. The molecule has 0 bridgehead atoms. The molecule has 0 aliphatic heterocycles. The third kappa shape index (κ3) is 3.35. The normalized spacial score (nSPS) is 31.0. The number of hydrogen-bond donors (Lipinski definition) is 1. The van der Waals surface area contributed by atoms with Crippen molar-refractivity contribution < 1.29 is 9.53 Å². The lowest BCUT2D eigenvalue weighted by Gasteiger charge is -2.26. The molecule has 1 aliphatic rings. The first-order valence-corrected chi connectivity index (χ1v) is 5.05. The lowest BCUT2D eigenvalue weighted by atomic mass is 9.89. The van der Waals surface area contributed by atoms with Crippen molar-refractivity contribution in [2.75, 3.05) is 0 Å². The number of ether oxygens (including phenoxy) is 1. The molecule has 0 amide bonds. The predicted octanol–water partition coefficient (Wildman–Crippen LogP) is 1.46. The summed E-state index contributed by atoms with van der Waals surface area (Å²) < 4.78 is 5.24. The average Bonchev–Trinajstić information content (AvgIpc) is 2.08. The summed E-state index contributed by atoms with van der Waals surface area (Å²) >= 11 is 0. The zero-order chi connectivity index (χ0) is 9.84. The Kier molecular flexibility index (Phi) is 3.72. The van der Waals surface area contributed by atoms with E-state index in [-0.39, 0.29) is 12.1 Å². The van der Waals surface area contributed by atoms with Gasteiger partial charge in [-0.1, -0.05) is 6.92 Å². The fourth-order valence-electron chi connectivity index (χ4n) is 1.62. The van der Waals surface area contributed by atoms with E-state index in [1.807, 2.05) is 0 Å². The van der Waals surface area contributed by atoms with Gasteiger partial charge in [0.25, 0.3) is 0 Å². The minimum absolute atomic E-state index is 0.120. The molecule has 3 nitrogen and oxygen atoms in total. The van der Waals surface area contributed by atoms with Crippen LogP contribution < -0.4 is 5.73 Å². The van der Waals surface area contributed by atoms with Crippen LogP contribution in [-0.4, -0.2) is 18.1 Å². The van der Waals surface area contributed by atoms with Gasteiger partial charge in [-0.3, -0.25) is 4.79 Å². The Hall–Kier alpha value is -0.570. The van der Waals surface area contributed by atoms with Crippen molar-refractivity contribution in [3.05, 3.63) is 0 Å². The fourth-order valence-corrected chi connectivity index (χ4v) is 1.62. The number of esters is 1. The van der Waals surface area contributed by atoms with E-state index < -0.39 is 6.04 Å². The Morgan fingerprint density at radius 1 is 1.38 bits per heavy atom. The van der Waals surface area contributed by atoms with Crippen molar-refractivity contribution >= 4 is 5.97 Å². The summed E-state index contributed by atoms with van der Waals surface area (Å²) in [6, 6.07) is -0.487. The topological polar surface area (TPSA) is 52.3 Å². The first-order chi connectivity index (χ1) is 6.09. The van der Waals surface area contributed by atoms with Gasteiger partial charge in [0.2, 0.25) is 0 Å². The fraction of sp³-hybridized carbons (Fsp3) is 0.900. The standard InChI is InChI=1S/C10H19NO2/c1-7-3-5-9(6-4-7)13-10(12)8(2)11/h7-9H,3-6,11H2,1-2H3/t7?,8-,9?/m1/s1. The molecule has 0 heterocycles. The third-order valence-electron chi connectivity index (χ3n) is 2.62. The van der Waals surface area contributed by atoms with Crippen molar-refractivity contribution in [2.45, 2.75) is 51.7 Å². The van der Waals surface area contributed by atoms with Crippen LogP contribution in [0.1, 0.15) is 39.5 Å². The molecule has 1 atom stereocenters. The molecule has 0 aromatic carbocycles. The summed E-state index contributed by atoms with van der Waals surface area (Å²) in [7, 11) is 0. The average molecular weight is 185 g/mol. The van der Waals surface area contributed by atoms with Crippen LogP contribution in [0.2, 0.25) is 0 Å². The molecule has 2 N–H and O–H groups in total. The second kappa shape index (κ2) is 4.61. The van der Waals surface area contributed by atoms with Crippen LogP contribution in [-0.2, 0) is 9.53 Å². The Morgan fingerprint density at radius 3 is 2.38 bits per heavy atom. The smallest absolute Gasteiger partial charge is 0.322 e. The maximum absolute atomic E-state index is 11.1. The molecule has 0 spiro atoms. The van der Waals surface area contributed by atoms with Gasteiger partial charge in [-0.2, -0.15) is 0 Å². The highest BCUT2D eigenvalue weighted by molar-refractivity contribution is 5.75. The van der Waals surface area contributed by atoms with E-state index in [4.69, 9.17) is 10.5 Å². The van der Waals surface area contributed by atoms with Crippen LogP contribution in [0.5, 0.6) is 0 Å². The summed E-state index contributed by atoms with van der Waals surface area (Å²) in [6.07, 6.45) is 4.45. The van der Waals surface area contributed by atoms with Crippen LogP contribution in [0.15, 0.2) is 0 Å². The minimum Gasteiger partial charge on any atom is -0.461 e. The predicted molar refractivity (Wildman–Crippen MR) is 51.2 cm³/mol. The van der Waals surface area contributed by atoms with Crippen molar-refractivity contribution in [2.24, 2.45) is 11.7 Å². The van der Waals surface area contributed by atoms with Crippen LogP contribution >= 0.6 is 0 Å². The molecule has 76 valence electrons. The highest BCUT2D eigenvalue weighted by Crippen LogP contribution is 2.25. The maximum atomic E-state index is 11.1. The van der Waals surface area contributed by atoms with Gasteiger partial charge in [-0.05, 0) is 38.5 Å². The van der Waals surface area contributed by atoms with Crippen LogP contribution in [0.4, 0.5) is 0 Å². The number of carbonyl (C=O) groups is 1. The zero-order valence-corrected chi connectivity index (χ0v) is 8.45. The van der Waals surface area contributed by atoms with Gasteiger partial charge in [0.15, 0.2) is 0 Å². The quantitative estimate of drug-likeness (QED) is 0.662. The van der Waals surface area contributed by atoms with Gasteiger partial charge in [-0.25, -0.2) is 0 Å². The van der Waals surface area contributed by atoms with E-state index >= 15 is 0 Å². The van der Waals surface area contributed by atoms with Crippen LogP contribution in [0.25, 0.3) is 0 Å². The number of hydrogen-bond acceptors (Lipinski definition) is 3. The van der Waals surface area contributed by atoms with Gasteiger partial charge in [0, 0.05) is 0 Å². The minimum atomic E-state index is -0.487. The molecule has 1 aliphatic carbocycles. The van der Waals surface area contributed by atoms with Crippen LogP contribution in [0, 0.1) is 5.92 Å². The molecular weight excluding hydrogens is 166 g/mol. The van der Waals surface area contributed by atoms with Crippen molar-refractivity contribution in [3.8, 4) is 0 Å². The Balaban J connectivity index is 2.26. The summed E-state index contributed by atoms with van der Waals surface area (Å²) in [5.74, 6) is 0.518. The summed E-state index contributed by atoms with van der Waals surface area (Å²) in [5.41, 5.74) is 5.41. The van der Waals surface area contributed by atoms with Gasteiger partial charge < -0.3 is 10.5 Å². The van der Waals surface area contributed by atoms with Gasteiger partial charge >= 0.3 is 5.97 Å². The molecule has 0 radical (unpaired) electrons. The van der Waals surface area contributed by atoms with E-state index in [2.05, 4.69) is 6.92 Å². The van der Waals surface area contributed by atoms with E-state index in [0.717, 1.165) is 31.6 Å². The molecular formula is C10H19NO2. The molecule has 0 saturated heterocycles. The Labute approximate surface area is 79.6 Å². The van der Waals surface area contributed by atoms with E-state index in [1.54, 1.807) is 6.92 Å². The summed E-state index contributed by atoms with van der Waals surface area (Å²) in [5, 5.41) is 0. The molecule has 1 fully saturated rings. The van der Waals surface area contributed by atoms with Crippen molar-refractivity contribution in [1.82, 2.24) is 0 Å². The molecule has 1 rings (SSSR count). The van der Waals surface area contributed by atoms with Gasteiger partial charge in [0.05, 0.1) is 0 Å². The van der Waals surface area contributed by atoms with Crippen molar-refractivity contribution in [3.63, 3.8) is 0 Å². The SMILES string of the molecule is CC1CCC(OC(=O)[C@@H](C)N)CC1. The largest absolute Gasteiger partial charge is 0.461 e. The number of rotatable bonds is 2.